The second-order valence-corrected chi connectivity index (χ2v) is 7.79. The molecular weight excluding hydrogens is 316 g/mol. The number of nitrogens with one attached hydrogen (secondary N) is 2. The minimum atomic E-state index is -3.01. The number of carbonyl (C=O) groups excluding carboxylic acids is 1. The largest absolute Gasteiger partial charge is 0.334 e. The van der Waals surface area contributed by atoms with Crippen LogP contribution in [0.3, 0.4) is 0 Å². The summed E-state index contributed by atoms with van der Waals surface area (Å²) in [4.78, 5) is 12.1. The van der Waals surface area contributed by atoms with Gasteiger partial charge in [-0.15, -0.1) is 0 Å². The number of carbonyl (C=O) groups is 1. The van der Waals surface area contributed by atoms with Gasteiger partial charge in [0.1, 0.15) is 0 Å². The maximum Gasteiger partial charge on any atom is 0.319 e. The molecule has 1 aromatic heterocycles. The molecule has 2 N–H and O–H groups in total. The van der Waals surface area contributed by atoms with Crippen molar-refractivity contribution in [2.75, 3.05) is 16.8 Å². The lowest BCUT2D eigenvalue weighted by molar-refractivity contribution is 0.249. The second-order valence-electron chi connectivity index (χ2n) is 5.56. The summed E-state index contributed by atoms with van der Waals surface area (Å²) in [6.07, 6.45) is 4.01. The van der Waals surface area contributed by atoms with E-state index in [1.54, 1.807) is 10.9 Å². The summed E-state index contributed by atoms with van der Waals surface area (Å²) in [6.45, 7) is 0.543. The summed E-state index contributed by atoms with van der Waals surface area (Å²) in [5, 5.41) is 9.66. The van der Waals surface area contributed by atoms with Crippen molar-refractivity contribution >= 4 is 21.6 Å². The molecule has 1 aromatic carbocycles. The molecule has 2 amide bonds. The van der Waals surface area contributed by atoms with Gasteiger partial charge in [0.15, 0.2) is 9.84 Å². The lowest BCUT2D eigenvalue weighted by Crippen LogP contribution is -2.38. The third-order valence-corrected chi connectivity index (χ3v) is 5.49. The van der Waals surface area contributed by atoms with Crippen LogP contribution in [0.15, 0.2) is 42.7 Å². The molecule has 1 aliphatic heterocycles. The highest BCUT2D eigenvalue weighted by atomic mass is 32.2. The van der Waals surface area contributed by atoms with Crippen LogP contribution < -0.4 is 10.6 Å². The van der Waals surface area contributed by atoms with Gasteiger partial charge >= 0.3 is 6.03 Å². The van der Waals surface area contributed by atoms with E-state index >= 15 is 0 Å². The number of benzene rings is 1. The van der Waals surface area contributed by atoms with E-state index in [9.17, 15) is 13.2 Å². The van der Waals surface area contributed by atoms with E-state index in [0.717, 1.165) is 5.56 Å². The molecular formula is C15H18N4O3S. The van der Waals surface area contributed by atoms with E-state index < -0.39 is 9.84 Å². The van der Waals surface area contributed by atoms with Crippen LogP contribution in [0.4, 0.5) is 10.5 Å². The Labute approximate surface area is 134 Å². The number of nitrogens with zero attached hydrogens (tertiary/aromatic N) is 2. The van der Waals surface area contributed by atoms with E-state index in [0.29, 0.717) is 18.7 Å². The zero-order chi connectivity index (χ0) is 16.3. The van der Waals surface area contributed by atoms with Gasteiger partial charge in [-0.25, -0.2) is 13.2 Å². The fourth-order valence-corrected chi connectivity index (χ4v) is 4.27. The molecule has 0 radical (unpaired) electrons. The normalized spacial score (nSPS) is 19.4. The summed E-state index contributed by atoms with van der Waals surface area (Å²) in [7, 11) is -3.01. The third-order valence-electron chi connectivity index (χ3n) is 3.72. The predicted octanol–water partition coefficient (Wildman–Crippen LogP) is 1.24. The van der Waals surface area contributed by atoms with Gasteiger partial charge in [-0.3, -0.25) is 4.68 Å². The van der Waals surface area contributed by atoms with Gasteiger partial charge in [0.2, 0.25) is 0 Å². The third kappa shape index (κ3) is 4.10. The number of aromatic nitrogens is 2. The number of sulfone groups is 1. The van der Waals surface area contributed by atoms with Gasteiger partial charge in [-0.05, 0) is 24.1 Å². The summed E-state index contributed by atoms with van der Waals surface area (Å²) in [6, 6.07) is 8.58. The molecule has 0 aliphatic carbocycles. The topological polar surface area (TPSA) is 93.1 Å². The van der Waals surface area contributed by atoms with Crippen molar-refractivity contribution in [1.82, 2.24) is 15.1 Å². The van der Waals surface area contributed by atoms with Crippen molar-refractivity contribution in [3.8, 4) is 0 Å². The monoisotopic (exact) mass is 334 g/mol. The lowest BCUT2D eigenvalue weighted by atomic mass is 10.2. The Balaban J connectivity index is 1.64. The highest BCUT2D eigenvalue weighted by molar-refractivity contribution is 7.91. The van der Waals surface area contributed by atoms with Gasteiger partial charge in [0, 0.05) is 24.1 Å². The molecule has 0 bridgehead atoms. The second kappa shape index (κ2) is 6.41. The Morgan fingerprint density at radius 2 is 2.13 bits per heavy atom. The van der Waals surface area contributed by atoms with Gasteiger partial charge in [-0.1, -0.05) is 18.2 Å². The average Bonchev–Trinajstić information content (AvgIpc) is 3.10. The van der Waals surface area contributed by atoms with Crippen molar-refractivity contribution in [1.29, 1.82) is 0 Å². The fourth-order valence-electron chi connectivity index (χ4n) is 2.60. The maximum absolute atomic E-state index is 12.1. The fraction of sp³-hybridized carbons (Fsp3) is 0.333. The number of para-hydroxylation sites is 1. The summed E-state index contributed by atoms with van der Waals surface area (Å²) >= 11 is 0. The van der Waals surface area contributed by atoms with Gasteiger partial charge in [-0.2, -0.15) is 5.10 Å². The zero-order valence-electron chi connectivity index (χ0n) is 12.5. The molecule has 122 valence electrons. The van der Waals surface area contributed by atoms with Crippen molar-refractivity contribution < 1.29 is 13.2 Å². The molecule has 1 unspecified atom stereocenters. The number of hydrogen-bond donors (Lipinski definition) is 2. The Kier molecular flexibility index (Phi) is 4.33. The molecule has 1 saturated heterocycles. The smallest absolute Gasteiger partial charge is 0.319 e. The number of urea groups is 1. The first-order valence-electron chi connectivity index (χ1n) is 7.35. The first kappa shape index (κ1) is 15.5. The Morgan fingerprint density at radius 3 is 2.83 bits per heavy atom. The Hall–Kier alpha value is -2.35. The molecule has 1 atom stereocenters. The predicted molar refractivity (Wildman–Crippen MR) is 87.0 cm³/mol. The van der Waals surface area contributed by atoms with Crippen LogP contribution in [0.25, 0.3) is 0 Å². The van der Waals surface area contributed by atoms with Crippen LogP contribution in [0.5, 0.6) is 0 Å². The van der Waals surface area contributed by atoms with Crippen molar-refractivity contribution in [3.05, 3.63) is 48.3 Å². The highest BCUT2D eigenvalue weighted by Gasteiger charge is 2.28. The van der Waals surface area contributed by atoms with E-state index in [1.807, 2.05) is 36.5 Å². The zero-order valence-corrected chi connectivity index (χ0v) is 13.3. The van der Waals surface area contributed by atoms with Crippen LogP contribution >= 0.6 is 0 Å². The number of amides is 2. The Morgan fingerprint density at radius 1 is 1.30 bits per heavy atom. The first-order chi connectivity index (χ1) is 11.0. The lowest BCUT2D eigenvalue weighted by Gasteiger charge is -2.14. The molecule has 0 spiro atoms. The molecule has 1 aliphatic rings. The molecule has 3 rings (SSSR count). The van der Waals surface area contributed by atoms with Crippen LogP contribution in [0.2, 0.25) is 0 Å². The number of hydrogen-bond acceptors (Lipinski definition) is 4. The molecule has 2 heterocycles. The van der Waals surface area contributed by atoms with Crippen LogP contribution in [0.1, 0.15) is 12.0 Å². The average molecular weight is 334 g/mol. The number of rotatable bonds is 4. The number of anilines is 1. The van der Waals surface area contributed by atoms with Crippen molar-refractivity contribution in [3.63, 3.8) is 0 Å². The minimum Gasteiger partial charge on any atom is -0.334 e. The quantitative estimate of drug-likeness (QED) is 0.880. The molecule has 8 heteroatoms. The van der Waals surface area contributed by atoms with Crippen LogP contribution in [-0.4, -0.2) is 41.8 Å². The summed E-state index contributed by atoms with van der Waals surface area (Å²) in [5.41, 5.74) is 1.60. The summed E-state index contributed by atoms with van der Waals surface area (Å²) < 4.78 is 24.6. The molecule has 7 nitrogen and oxygen atoms in total. The first-order valence-corrected chi connectivity index (χ1v) is 9.17. The van der Waals surface area contributed by atoms with Crippen LogP contribution in [0, 0.1) is 0 Å². The maximum atomic E-state index is 12.1. The molecule has 1 fully saturated rings. The van der Waals surface area contributed by atoms with Gasteiger partial charge in [0.25, 0.3) is 0 Å². The van der Waals surface area contributed by atoms with E-state index in [-0.39, 0.29) is 23.6 Å². The van der Waals surface area contributed by atoms with E-state index in [2.05, 4.69) is 15.7 Å². The highest BCUT2D eigenvalue weighted by Crippen LogP contribution is 2.17. The standard InChI is InChI=1S/C15H18N4O3S/c20-15(17-13-6-9-23(21,22)11-13)18-14-5-2-1-4-12(14)10-19-8-3-7-16-19/h1-5,7-8,13H,6,9-11H2,(H2,17,18,20). The van der Waals surface area contributed by atoms with Crippen molar-refractivity contribution in [2.24, 2.45) is 0 Å². The van der Waals surface area contributed by atoms with E-state index in [4.69, 9.17) is 0 Å². The van der Waals surface area contributed by atoms with Gasteiger partial charge < -0.3 is 10.6 Å². The molecule has 0 saturated carbocycles. The van der Waals surface area contributed by atoms with Crippen LogP contribution in [-0.2, 0) is 16.4 Å². The molecule has 23 heavy (non-hydrogen) atoms. The molecule has 2 aromatic rings. The Bertz CT molecular complexity index is 787. The summed E-state index contributed by atoms with van der Waals surface area (Å²) in [5.74, 6) is 0.142. The van der Waals surface area contributed by atoms with Crippen molar-refractivity contribution in [2.45, 2.75) is 19.0 Å². The minimum absolute atomic E-state index is 0.00928. The van der Waals surface area contributed by atoms with Gasteiger partial charge in [0.05, 0.1) is 18.1 Å². The van der Waals surface area contributed by atoms with E-state index in [1.165, 1.54) is 0 Å². The SMILES string of the molecule is O=C(Nc1ccccc1Cn1cccn1)NC1CCS(=O)(=O)C1.